The van der Waals surface area contributed by atoms with Crippen LogP contribution in [0, 0.1) is 10.7 Å². The number of benzene rings is 1. The number of furan rings is 1. The number of amides is 1. The van der Waals surface area contributed by atoms with Crippen molar-refractivity contribution in [2.24, 2.45) is 5.92 Å². The normalized spacial score (nSPS) is 17.3. The molecule has 0 aliphatic heterocycles. The molecule has 1 aliphatic carbocycles. The van der Waals surface area contributed by atoms with Crippen LogP contribution in [0.1, 0.15) is 48.3 Å². The maximum atomic E-state index is 13.1. The van der Waals surface area contributed by atoms with E-state index >= 15 is 0 Å². The van der Waals surface area contributed by atoms with Crippen molar-refractivity contribution >= 4 is 29.0 Å². The Morgan fingerprint density at radius 3 is 3.00 bits per heavy atom. The highest BCUT2D eigenvalue weighted by atomic mass is 32.1. The zero-order chi connectivity index (χ0) is 20.4. The predicted molar refractivity (Wildman–Crippen MR) is 114 cm³/mol. The topological polar surface area (TPSA) is 80.0 Å². The number of rotatable bonds is 5. The molecule has 0 spiro atoms. The second-order valence-corrected chi connectivity index (χ2v) is 7.78. The number of carbonyl (C=O) groups excluding carboxylic acids is 1. The molecule has 7 heteroatoms. The van der Waals surface area contributed by atoms with Gasteiger partial charge in [-0.3, -0.25) is 14.2 Å². The first-order valence-corrected chi connectivity index (χ1v) is 10.2. The van der Waals surface area contributed by atoms with E-state index in [1.807, 2.05) is 6.92 Å². The molecule has 2 heterocycles. The number of nitrogens with one attached hydrogen (secondary N) is 2. The maximum Gasteiger partial charge on any atom is 0.262 e. The van der Waals surface area contributed by atoms with E-state index in [0.717, 1.165) is 19.3 Å². The summed E-state index contributed by atoms with van der Waals surface area (Å²) in [7, 11) is 0. The van der Waals surface area contributed by atoms with Crippen molar-refractivity contribution in [2.45, 2.75) is 38.8 Å². The zero-order valence-electron chi connectivity index (χ0n) is 16.2. The van der Waals surface area contributed by atoms with Gasteiger partial charge in [-0.05, 0) is 74.7 Å². The van der Waals surface area contributed by atoms with E-state index in [1.54, 1.807) is 41.2 Å². The summed E-state index contributed by atoms with van der Waals surface area (Å²) in [5.74, 6) is 0.723. The Labute approximate surface area is 173 Å². The molecular weight excluding hydrogens is 386 g/mol. The van der Waals surface area contributed by atoms with Crippen molar-refractivity contribution in [2.75, 3.05) is 0 Å². The highest BCUT2D eigenvalue weighted by molar-refractivity contribution is 7.71. The predicted octanol–water partition coefficient (Wildman–Crippen LogP) is 4.50. The fraction of sp³-hybridized carbons (Fsp3) is 0.318. The summed E-state index contributed by atoms with van der Waals surface area (Å²) in [5.41, 5.74) is 0.890. The first-order valence-electron chi connectivity index (χ1n) is 9.80. The third kappa shape index (κ3) is 3.96. The molecule has 1 aliphatic rings. The quantitative estimate of drug-likeness (QED) is 0.480. The van der Waals surface area contributed by atoms with Gasteiger partial charge in [0, 0.05) is 11.6 Å². The van der Waals surface area contributed by atoms with Crippen LogP contribution in [-0.4, -0.2) is 15.5 Å². The van der Waals surface area contributed by atoms with Crippen molar-refractivity contribution in [3.8, 4) is 0 Å². The Kier molecular flexibility index (Phi) is 5.49. The minimum Gasteiger partial charge on any atom is -0.467 e. The number of aromatic nitrogens is 2. The first kappa shape index (κ1) is 19.4. The van der Waals surface area contributed by atoms with Crippen LogP contribution in [0.4, 0.5) is 0 Å². The second-order valence-electron chi connectivity index (χ2n) is 7.39. The van der Waals surface area contributed by atoms with Crippen molar-refractivity contribution in [3.05, 3.63) is 75.2 Å². The van der Waals surface area contributed by atoms with Crippen LogP contribution in [0.15, 0.2) is 58.0 Å². The van der Waals surface area contributed by atoms with E-state index in [-0.39, 0.29) is 17.5 Å². The highest BCUT2D eigenvalue weighted by Gasteiger charge is 2.21. The molecule has 0 radical (unpaired) electrons. The van der Waals surface area contributed by atoms with E-state index in [4.69, 9.17) is 16.6 Å². The molecule has 0 fully saturated rings. The van der Waals surface area contributed by atoms with Crippen LogP contribution in [0.2, 0.25) is 0 Å². The number of hydrogen-bond acceptors (Lipinski definition) is 4. The van der Waals surface area contributed by atoms with E-state index < -0.39 is 0 Å². The molecule has 4 rings (SSSR count). The van der Waals surface area contributed by atoms with E-state index in [1.165, 1.54) is 0 Å². The average Bonchev–Trinajstić information content (AvgIpc) is 3.26. The second kappa shape index (κ2) is 8.21. The third-order valence-corrected chi connectivity index (χ3v) is 5.81. The lowest BCUT2D eigenvalue weighted by atomic mass is 9.90. The van der Waals surface area contributed by atoms with Gasteiger partial charge in [-0.2, -0.15) is 0 Å². The van der Waals surface area contributed by atoms with Gasteiger partial charge >= 0.3 is 0 Å². The smallest absolute Gasteiger partial charge is 0.262 e. The van der Waals surface area contributed by atoms with Crippen LogP contribution in [0.3, 0.4) is 0 Å². The third-order valence-electron chi connectivity index (χ3n) is 5.51. The van der Waals surface area contributed by atoms with Crippen LogP contribution >= 0.6 is 12.2 Å². The number of fused-ring (bicyclic) bond motifs is 1. The summed E-state index contributed by atoms with van der Waals surface area (Å²) in [6.45, 7) is 2.33. The molecule has 2 aromatic heterocycles. The summed E-state index contributed by atoms with van der Waals surface area (Å²) >= 11 is 5.50. The molecular formula is C22H23N3O3S. The molecule has 150 valence electrons. The van der Waals surface area contributed by atoms with E-state index in [2.05, 4.69) is 22.5 Å². The minimum absolute atomic E-state index is 0.0246. The molecule has 3 aromatic rings. The van der Waals surface area contributed by atoms with Gasteiger partial charge in [-0.15, -0.1) is 0 Å². The summed E-state index contributed by atoms with van der Waals surface area (Å²) in [6, 6.07) is 8.55. The number of hydrogen-bond donors (Lipinski definition) is 2. The minimum atomic E-state index is -0.243. The summed E-state index contributed by atoms with van der Waals surface area (Å²) in [6.07, 6.45) is 9.19. The fourth-order valence-electron chi connectivity index (χ4n) is 3.86. The summed E-state index contributed by atoms with van der Waals surface area (Å²) in [4.78, 5) is 28.7. The molecule has 2 N–H and O–H groups in total. The van der Waals surface area contributed by atoms with Gasteiger partial charge in [0.05, 0.1) is 23.7 Å². The van der Waals surface area contributed by atoms with Crippen LogP contribution in [0.25, 0.3) is 10.9 Å². The van der Waals surface area contributed by atoms with Crippen molar-refractivity contribution < 1.29 is 9.21 Å². The summed E-state index contributed by atoms with van der Waals surface area (Å²) < 4.78 is 7.26. The van der Waals surface area contributed by atoms with Gasteiger partial charge in [0.25, 0.3) is 11.5 Å². The molecule has 29 heavy (non-hydrogen) atoms. The monoisotopic (exact) mass is 409 g/mol. The number of carbonyl (C=O) groups is 1. The molecule has 1 amide bonds. The Hall–Kier alpha value is -2.93. The van der Waals surface area contributed by atoms with Gasteiger partial charge in [-0.1, -0.05) is 12.2 Å². The van der Waals surface area contributed by atoms with Crippen LogP contribution in [0.5, 0.6) is 0 Å². The number of aromatic amines is 1. The van der Waals surface area contributed by atoms with Crippen molar-refractivity contribution in [3.63, 3.8) is 0 Å². The average molecular weight is 410 g/mol. The Balaban J connectivity index is 1.63. The zero-order valence-corrected chi connectivity index (χ0v) is 17.0. The largest absolute Gasteiger partial charge is 0.467 e. The Morgan fingerprint density at radius 2 is 2.28 bits per heavy atom. The van der Waals surface area contributed by atoms with Gasteiger partial charge in [0.15, 0.2) is 4.77 Å². The molecule has 2 atom stereocenters. The molecule has 0 saturated heterocycles. The SMILES string of the molecule is CC(C1C=CCCC1)n1c(=S)[nH]c2cc(C(=O)NCc3ccco3)ccc2c1=O. The van der Waals surface area contributed by atoms with E-state index in [0.29, 0.717) is 39.5 Å². The number of allylic oxidation sites excluding steroid dienone is 2. The number of nitrogens with zero attached hydrogens (tertiary/aromatic N) is 1. The lowest BCUT2D eigenvalue weighted by Crippen LogP contribution is -2.29. The van der Waals surface area contributed by atoms with Gasteiger partial charge in [0.2, 0.25) is 0 Å². The Morgan fingerprint density at radius 1 is 1.41 bits per heavy atom. The molecule has 1 aromatic carbocycles. The first-order chi connectivity index (χ1) is 14.0. The van der Waals surface area contributed by atoms with Gasteiger partial charge in [0.1, 0.15) is 5.76 Å². The van der Waals surface area contributed by atoms with Gasteiger partial charge in [-0.25, -0.2) is 0 Å². The molecule has 6 nitrogen and oxygen atoms in total. The molecule has 0 bridgehead atoms. The van der Waals surface area contributed by atoms with Crippen molar-refractivity contribution in [1.29, 1.82) is 0 Å². The Bertz CT molecular complexity index is 1170. The highest BCUT2D eigenvalue weighted by Crippen LogP contribution is 2.27. The van der Waals surface area contributed by atoms with E-state index in [9.17, 15) is 9.59 Å². The number of H-pyrrole nitrogens is 1. The lowest BCUT2D eigenvalue weighted by Gasteiger charge is -2.25. The van der Waals surface area contributed by atoms with Gasteiger partial charge < -0.3 is 14.7 Å². The maximum absolute atomic E-state index is 13.1. The summed E-state index contributed by atoms with van der Waals surface area (Å²) in [5, 5.41) is 3.33. The lowest BCUT2D eigenvalue weighted by molar-refractivity contribution is 0.0948. The molecule has 0 saturated carbocycles. The standard InChI is InChI=1S/C22H23N3O3S/c1-14(15-6-3-2-4-7-15)25-21(27)18-10-9-16(12-19(18)24-22(25)29)20(26)23-13-17-8-5-11-28-17/h3,5-6,8-12,14-15H,2,4,7,13H2,1H3,(H,23,26)(H,24,29). The van der Waals surface area contributed by atoms with Crippen LogP contribution in [-0.2, 0) is 6.54 Å². The van der Waals surface area contributed by atoms with Crippen molar-refractivity contribution in [1.82, 2.24) is 14.9 Å². The molecule has 2 unspecified atom stereocenters. The fourth-order valence-corrected chi connectivity index (χ4v) is 4.22. The van der Waals surface area contributed by atoms with Crippen LogP contribution < -0.4 is 10.9 Å².